The molecule has 1 aliphatic carbocycles. The fraction of sp³-hybridized carbons (Fsp3) is 0.929. The Balaban J connectivity index is 2.26. The van der Waals surface area contributed by atoms with Gasteiger partial charge in [0.25, 0.3) is 0 Å². The predicted molar refractivity (Wildman–Crippen MR) is 69.6 cm³/mol. The van der Waals surface area contributed by atoms with Crippen molar-refractivity contribution >= 4 is 5.91 Å². The zero-order chi connectivity index (χ0) is 12.7. The van der Waals surface area contributed by atoms with Gasteiger partial charge in [-0.05, 0) is 30.6 Å². The number of amides is 1. The molecule has 1 fully saturated rings. The number of hydrogen-bond donors (Lipinski definition) is 2. The second-order valence-corrected chi connectivity index (χ2v) is 5.51. The maximum atomic E-state index is 11.7. The van der Waals surface area contributed by atoms with Gasteiger partial charge in [-0.1, -0.05) is 33.1 Å². The molecule has 0 aliphatic heterocycles. The third-order valence-electron chi connectivity index (χ3n) is 4.09. The summed E-state index contributed by atoms with van der Waals surface area (Å²) in [6.07, 6.45) is 6.41. The highest BCUT2D eigenvalue weighted by Gasteiger charge is 2.24. The SMILES string of the molecule is CCC(C)CC(=O)NCC1CCCCC1CO. The van der Waals surface area contributed by atoms with Crippen LogP contribution < -0.4 is 5.32 Å². The smallest absolute Gasteiger partial charge is 0.220 e. The van der Waals surface area contributed by atoms with Crippen molar-refractivity contribution in [3.05, 3.63) is 0 Å². The van der Waals surface area contributed by atoms with Crippen molar-refractivity contribution in [3.63, 3.8) is 0 Å². The number of nitrogens with one attached hydrogen (secondary N) is 1. The molecule has 0 heterocycles. The van der Waals surface area contributed by atoms with Crippen molar-refractivity contribution in [2.75, 3.05) is 13.2 Å². The third-order valence-corrected chi connectivity index (χ3v) is 4.09. The minimum absolute atomic E-state index is 0.168. The van der Waals surface area contributed by atoms with Crippen LogP contribution in [-0.2, 0) is 4.79 Å². The van der Waals surface area contributed by atoms with E-state index in [4.69, 9.17) is 0 Å². The van der Waals surface area contributed by atoms with Crippen LogP contribution in [0.25, 0.3) is 0 Å². The summed E-state index contributed by atoms with van der Waals surface area (Å²) >= 11 is 0. The van der Waals surface area contributed by atoms with Crippen molar-refractivity contribution in [1.82, 2.24) is 5.32 Å². The van der Waals surface area contributed by atoms with Crippen LogP contribution in [0.1, 0.15) is 52.4 Å². The lowest BCUT2D eigenvalue weighted by Gasteiger charge is -2.30. The molecule has 2 N–H and O–H groups in total. The van der Waals surface area contributed by atoms with Crippen LogP contribution in [0.4, 0.5) is 0 Å². The van der Waals surface area contributed by atoms with E-state index in [2.05, 4.69) is 19.2 Å². The first-order chi connectivity index (χ1) is 8.17. The molecule has 0 spiro atoms. The van der Waals surface area contributed by atoms with Crippen molar-refractivity contribution in [3.8, 4) is 0 Å². The van der Waals surface area contributed by atoms with E-state index in [0.717, 1.165) is 25.8 Å². The van der Waals surface area contributed by atoms with E-state index < -0.39 is 0 Å². The Morgan fingerprint density at radius 3 is 2.59 bits per heavy atom. The summed E-state index contributed by atoms with van der Waals surface area (Å²) in [5, 5.41) is 12.3. The molecule has 1 rings (SSSR count). The van der Waals surface area contributed by atoms with Crippen LogP contribution in [0, 0.1) is 17.8 Å². The van der Waals surface area contributed by atoms with Crippen LogP contribution in [0.15, 0.2) is 0 Å². The molecule has 0 saturated heterocycles. The van der Waals surface area contributed by atoms with E-state index in [1.54, 1.807) is 0 Å². The van der Waals surface area contributed by atoms with E-state index in [-0.39, 0.29) is 12.5 Å². The van der Waals surface area contributed by atoms with Gasteiger partial charge >= 0.3 is 0 Å². The van der Waals surface area contributed by atoms with E-state index in [0.29, 0.717) is 24.2 Å². The molecule has 1 amide bonds. The number of carbonyl (C=O) groups excluding carboxylic acids is 1. The summed E-state index contributed by atoms with van der Waals surface area (Å²) in [7, 11) is 0. The van der Waals surface area contributed by atoms with Crippen molar-refractivity contribution in [1.29, 1.82) is 0 Å². The number of rotatable bonds is 6. The summed E-state index contributed by atoms with van der Waals surface area (Å²) in [5.74, 6) is 1.51. The van der Waals surface area contributed by atoms with Gasteiger partial charge in [0.1, 0.15) is 0 Å². The fourth-order valence-corrected chi connectivity index (χ4v) is 2.57. The lowest BCUT2D eigenvalue weighted by Crippen LogP contribution is -2.35. The first kappa shape index (κ1) is 14.5. The van der Waals surface area contributed by atoms with Gasteiger partial charge in [0, 0.05) is 19.6 Å². The van der Waals surface area contributed by atoms with Crippen LogP contribution >= 0.6 is 0 Å². The predicted octanol–water partition coefficient (Wildman–Crippen LogP) is 2.34. The lowest BCUT2D eigenvalue weighted by molar-refractivity contribution is -0.122. The van der Waals surface area contributed by atoms with Crippen molar-refractivity contribution in [2.24, 2.45) is 17.8 Å². The number of aliphatic hydroxyl groups is 1. The summed E-state index contributed by atoms with van der Waals surface area (Å²) in [5.41, 5.74) is 0. The Morgan fingerprint density at radius 1 is 1.35 bits per heavy atom. The first-order valence-corrected chi connectivity index (χ1v) is 7.04. The maximum Gasteiger partial charge on any atom is 0.220 e. The van der Waals surface area contributed by atoms with Gasteiger partial charge in [-0.3, -0.25) is 4.79 Å². The van der Waals surface area contributed by atoms with Gasteiger partial charge in [0.05, 0.1) is 0 Å². The quantitative estimate of drug-likeness (QED) is 0.750. The average Bonchev–Trinajstić information content (AvgIpc) is 2.36. The van der Waals surface area contributed by atoms with Crippen molar-refractivity contribution < 1.29 is 9.90 Å². The Labute approximate surface area is 105 Å². The molecule has 0 bridgehead atoms. The molecule has 1 aliphatic rings. The van der Waals surface area contributed by atoms with Gasteiger partial charge < -0.3 is 10.4 Å². The highest BCUT2D eigenvalue weighted by Crippen LogP contribution is 2.29. The minimum atomic E-state index is 0.168. The molecule has 100 valence electrons. The molecule has 17 heavy (non-hydrogen) atoms. The molecule has 3 atom stereocenters. The average molecular weight is 241 g/mol. The van der Waals surface area contributed by atoms with Crippen LogP contribution in [0.3, 0.4) is 0 Å². The summed E-state index contributed by atoms with van der Waals surface area (Å²) in [6.45, 7) is 5.24. The standard InChI is InChI=1S/C14H27NO2/c1-3-11(2)8-14(17)15-9-12-6-4-5-7-13(12)10-16/h11-13,16H,3-10H2,1-2H3,(H,15,17). The van der Waals surface area contributed by atoms with E-state index in [1.807, 2.05) is 0 Å². The molecule has 0 aromatic rings. The minimum Gasteiger partial charge on any atom is -0.396 e. The maximum absolute atomic E-state index is 11.7. The Hall–Kier alpha value is -0.570. The highest BCUT2D eigenvalue weighted by molar-refractivity contribution is 5.76. The molecule has 3 nitrogen and oxygen atoms in total. The number of aliphatic hydroxyl groups excluding tert-OH is 1. The molecule has 0 aromatic heterocycles. The highest BCUT2D eigenvalue weighted by atomic mass is 16.3. The second kappa shape index (κ2) is 7.70. The summed E-state index contributed by atoms with van der Waals surface area (Å²) in [6, 6.07) is 0. The zero-order valence-electron chi connectivity index (χ0n) is 11.2. The Kier molecular flexibility index (Phi) is 6.56. The molecule has 0 radical (unpaired) electrons. The molecule has 0 aromatic carbocycles. The van der Waals surface area contributed by atoms with Crippen LogP contribution in [-0.4, -0.2) is 24.2 Å². The molecular weight excluding hydrogens is 214 g/mol. The molecule has 3 unspecified atom stereocenters. The molecule has 3 heteroatoms. The zero-order valence-corrected chi connectivity index (χ0v) is 11.2. The number of carbonyl (C=O) groups is 1. The van der Waals surface area contributed by atoms with E-state index in [1.165, 1.54) is 12.8 Å². The normalized spacial score (nSPS) is 26.5. The summed E-state index contributed by atoms with van der Waals surface area (Å²) < 4.78 is 0. The molecular formula is C14H27NO2. The largest absolute Gasteiger partial charge is 0.396 e. The van der Waals surface area contributed by atoms with Crippen LogP contribution in [0.2, 0.25) is 0 Å². The van der Waals surface area contributed by atoms with Gasteiger partial charge in [0.2, 0.25) is 5.91 Å². The van der Waals surface area contributed by atoms with E-state index >= 15 is 0 Å². The lowest BCUT2D eigenvalue weighted by atomic mass is 9.79. The monoisotopic (exact) mass is 241 g/mol. The Bertz CT molecular complexity index is 230. The third kappa shape index (κ3) is 5.07. The summed E-state index contributed by atoms with van der Waals surface area (Å²) in [4.78, 5) is 11.7. The van der Waals surface area contributed by atoms with Gasteiger partial charge in [0.15, 0.2) is 0 Å². The van der Waals surface area contributed by atoms with Gasteiger partial charge in [-0.2, -0.15) is 0 Å². The second-order valence-electron chi connectivity index (χ2n) is 5.51. The number of hydrogen-bond acceptors (Lipinski definition) is 2. The van der Waals surface area contributed by atoms with Gasteiger partial charge in [-0.15, -0.1) is 0 Å². The van der Waals surface area contributed by atoms with Gasteiger partial charge in [-0.25, -0.2) is 0 Å². The van der Waals surface area contributed by atoms with Crippen LogP contribution in [0.5, 0.6) is 0 Å². The first-order valence-electron chi connectivity index (χ1n) is 7.04. The fourth-order valence-electron chi connectivity index (χ4n) is 2.57. The van der Waals surface area contributed by atoms with Crippen molar-refractivity contribution in [2.45, 2.75) is 52.4 Å². The topological polar surface area (TPSA) is 49.3 Å². The Morgan fingerprint density at radius 2 is 2.00 bits per heavy atom. The van der Waals surface area contributed by atoms with E-state index in [9.17, 15) is 9.90 Å². The molecule has 1 saturated carbocycles.